The van der Waals surface area contributed by atoms with Gasteiger partial charge in [-0.2, -0.15) is 13.2 Å². The minimum absolute atomic E-state index is 0.0437. The first kappa shape index (κ1) is 14.7. The molecule has 0 aliphatic carbocycles. The molecule has 111 valence electrons. The Labute approximate surface area is 126 Å². The highest BCUT2D eigenvalue weighted by atomic mass is 19.4. The van der Waals surface area contributed by atoms with Crippen LogP contribution in [0.25, 0.3) is 0 Å². The number of hydrogen-bond donors (Lipinski definition) is 1. The van der Waals surface area contributed by atoms with Crippen molar-refractivity contribution in [3.05, 3.63) is 64.7 Å². The molecule has 0 fully saturated rings. The molecule has 1 aliphatic heterocycles. The van der Waals surface area contributed by atoms with Crippen LogP contribution in [0.4, 0.5) is 13.2 Å². The van der Waals surface area contributed by atoms with Gasteiger partial charge in [0.25, 0.3) is 0 Å². The second kappa shape index (κ2) is 5.19. The van der Waals surface area contributed by atoms with Gasteiger partial charge in [-0.15, -0.1) is 0 Å². The molecule has 2 aromatic carbocycles. The van der Waals surface area contributed by atoms with Crippen LogP contribution in [-0.2, 0) is 12.6 Å². The minimum atomic E-state index is -4.33. The van der Waals surface area contributed by atoms with E-state index >= 15 is 0 Å². The average molecular weight is 302 g/mol. The molecule has 1 aliphatic rings. The highest BCUT2D eigenvalue weighted by Crippen LogP contribution is 2.32. The standard InChI is InChI=1S/C16H12BF3NO/c18-16(19,20)12-4-5-13-11(7-12)8-14(17-13)9-2-1-3-10(6-9)15(21)22/h1-7,14H,8H2,(H2,21,22). The summed E-state index contributed by atoms with van der Waals surface area (Å²) < 4.78 is 38.3. The number of rotatable bonds is 2. The van der Waals surface area contributed by atoms with Crippen molar-refractivity contribution >= 4 is 18.6 Å². The fraction of sp³-hybridized carbons (Fsp3) is 0.188. The molecule has 1 atom stereocenters. The fourth-order valence-corrected chi connectivity index (χ4v) is 2.77. The van der Waals surface area contributed by atoms with Gasteiger partial charge < -0.3 is 5.73 Å². The second-order valence-corrected chi connectivity index (χ2v) is 5.38. The van der Waals surface area contributed by atoms with Gasteiger partial charge in [-0.05, 0) is 30.4 Å². The van der Waals surface area contributed by atoms with Gasteiger partial charge in [0.15, 0.2) is 7.28 Å². The number of alkyl halides is 3. The van der Waals surface area contributed by atoms with Crippen molar-refractivity contribution in [1.82, 2.24) is 0 Å². The van der Waals surface area contributed by atoms with Crippen LogP contribution in [0.5, 0.6) is 0 Å². The Balaban J connectivity index is 1.88. The molecule has 2 nitrogen and oxygen atoms in total. The molecule has 0 bridgehead atoms. The highest BCUT2D eigenvalue weighted by molar-refractivity contribution is 6.57. The van der Waals surface area contributed by atoms with Crippen LogP contribution in [0, 0.1) is 0 Å². The molecule has 3 rings (SSSR count). The summed E-state index contributed by atoms with van der Waals surface area (Å²) in [4.78, 5) is 11.2. The number of amides is 1. The van der Waals surface area contributed by atoms with Gasteiger partial charge in [0.2, 0.25) is 5.91 Å². The third-order valence-corrected chi connectivity index (χ3v) is 3.89. The van der Waals surface area contributed by atoms with E-state index in [4.69, 9.17) is 5.73 Å². The Hall–Kier alpha value is -2.24. The molecule has 2 N–H and O–H groups in total. The van der Waals surface area contributed by atoms with Crippen LogP contribution in [0.3, 0.4) is 0 Å². The second-order valence-electron chi connectivity index (χ2n) is 5.38. The normalized spacial score (nSPS) is 17.0. The summed E-state index contributed by atoms with van der Waals surface area (Å²) in [5.74, 6) is -0.561. The van der Waals surface area contributed by atoms with Crippen LogP contribution in [0.1, 0.15) is 32.9 Å². The van der Waals surface area contributed by atoms with Gasteiger partial charge in [-0.25, -0.2) is 0 Å². The van der Waals surface area contributed by atoms with Crippen LogP contribution in [0.15, 0.2) is 42.5 Å². The SMILES string of the molecule is NC(=O)c1cccc(C2[B]c3ccc(C(F)(F)F)cc3C2)c1. The molecule has 0 aromatic heterocycles. The van der Waals surface area contributed by atoms with Gasteiger partial charge in [-0.1, -0.05) is 40.9 Å². The molecule has 1 unspecified atom stereocenters. The molecule has 6 heteroatoms. The first-order chi connectivity index (χ1) is 10.3. The van der Waals surface area contributed by atoms with E-state index in [1.165, 1.54) is 12.1 Å². The lowest BCUT2D eigenvalue weighted by Crippen LogP contribution is -2.17. The third kappa shape index (κ3) is 2.73. The molecule has 1 amide bonds. The maximum Gasteiger partial charge on any atom is 0.416 e. The van der Waals surface area contributed by atoms with Crippen molar-refractivity contribution < 1.29 is 18.0 Å². The Kier molecular flexibility index (Phi) is 3.47. The summed E-state index contributed by atoms with van der Waals surface area (Å²) in [6, 6.07) is 10.7. The van der Waals surface area contributed by atoms with E-state index in [1.54, 1.807) is 18.2 Å². The zero-order valence-corrected chi connectivity index (χ0v) is 11.5. The van der Waals surface area contributed by atoms with Gasteiger partial charge in [0, 0.05) is 5.56 Å². The lowest BCUT2D eigenvalue weighted by Gasteiger charge is -2.10. The summed E-state index contributed by atoms with van der Waals surface area (Å²) in [7, 11) is 1.93. The van der Waals surface area contributed by atoms with E-state index in [0.29, 0.717) is 17.5 Å². The first-order valence-electron chi connectivity index (χ1n) is 6.79. The monoisotopic (exact) mass is 302 g/mol. The number of carbonyl (C=O) groups is 1. The fourth-order valence-electron chi connectivity index (χ4n) is 2.77. The number of primary amides is 1. The Morgan fingerprint density at radius 1 is 1.18 bits per heavy atom. The van der Waals surface area contributed by atoms with Crippen molar-refractivity contribution in [3.63, 3.8) is 0 Å². The van der Waals surface area contributed by atoms with Gasteiger partial charge in [-0.3, -0.25) is 4.79 Å². The summed E-state index contributed by atoms with van der Waals surface area (Å²) in [6.07, 6.45) is -3.85. The smallest absolute Gasteiger partial charge is 0.366 e. The van der Waals surface area contributed by atoms with E-state index in [2.05, 4.69) is 0 Å². The van der Waals surface area contributed by atoms with Crippen molar-refractivity contribution in [1.29, 1.82) is 0 Å². The maximum absolute atomic E-state index is 12.8. The Bertz CT molecular complexity index is 742. The lowest BCUT2D eigenvalue weighted by molar-refractivity contribution is -0.137. The molecule has 1 radical (unpaired) electrons. The quantitative estimate of drug-likeness (QED) is 0.851. The predicted molar refractivity (Wildman–Crippen MR) is 78.2 cm³/mol. The van der Waals surface area contributed by atoms with E-state index in [0.717, 1.165) is 17.1 Å². The first-order valence-corrected chi connectivity index (χ1v) is 6.79. The minimum Gasteiger partial charge on any atom is -0.366 e. The van der Waals surface area contributed by atoms with Crippen LogP contribution in [0.2, 0.25) is 0 Å². The summed E-state index contributed by atoms with van der Waals surface area (Å²) in [5.41, 5.74) is 7.38. The van der Waals surface area contributed by atoms with E-state index in [1.807, 2.05) is 13.3 Å². The molecular formula is C16H12BF3NO. The number of hydrogen-bond acceptors (Lipinski definition) is 1. The lowest BCUT2D eigenvalue weighted by atomic mass is 9.61. The molecule has 2 aromatic rings. The number of benzene rings is 2. The van der Waals surface area contributed by atoms with Crippen molar-refractivity contribution in [2.45, 2.75) is 18.4 Å². The molecule has 0 saturated carbocycles. The van der Waals surface area contributed by atoms with E-state index < -0.39 is 17.6 Å². The molecular weight excluding hydrogens is 290 g/mol. The van der Waals surface area contributed by atoms with Gasteiger partial charge >= 0.3 is 6.18 Å². The molecule has 0 spiro atoms. The van der Waals surface area contributed by atoms with Crippen LogP contribution in [-0.4, -0.2) is 13.2 Å². The Morgan fingerprint density at radius 3 is 2.64 bits per heavy atom. The van der Waals surface area contributed by atoms with Gasteiger partial charge in [0.05, 0.1) is 5.56 Å². The average Bonchev–Trinajstić information content (AvgIpc) is 2.89. The topological polar surface area (TPSA) is 43.1 Å². The third-order valence-electron chi connectivity index (χ3n) is 3.89. The molecule has 0 saturated heterocycles. The van der Waals surface area contributed by atoms with Gasteiger partial charge in [0.1, 0.15) is 0 Å². The van der Waals surface area contributed by atoms with E-state index in [-0.39, 0.29) is 5.82 Å². The summed E-state index contributed by atoms with van der Waals surface area (Å²) >= 11 is 0. The molecule has 22 heavy (non-hydrogen) atoms. The van der Waals surface area contributed by atoms with Crippen molar-refractivity contribution in [2.75, 3.05) is 0 Å². The summed E-state index contributed by atoms with van der Waals surface area (Å²) in [5, 5.41) is 0. The predicted octanol–water partition coefficient (Wildman–Crippen LogP) is 2.43. The highest BCUT2D eigenvalue weighted by Gasteiger charge is 2.33. The number of halogens is 3. The summed E-state index contributed by atoms with van der Waals surface area (Å²) in [6.45, 7) is 0. The number of carbonyl (C=O) groups excluding carboxylic acids is 1. The molecule has 1 heterocycles. The van der Waals surface area contributed by atoms with Crippen molar-refractivity contribution in [3.8, 4) is 0 Å². The number of fused-ring (bicyclic) bond motifs is 1. The Morgan fingerprint density at radius 2 is 1.95 bits per heavy atom. The number of nitrogens with two attached hydrogens (primary N) is 1. The van der Waals surface area contributed by atoms with Crippen molar-refractivity contribution in [2.24, 2.45) is 5.73 Å². The van der Waals surface area contributed by atoms with Crippen LogP contribution < -0.4 is 11.2 Å². The zero-order chi connectivity index (χ0) is 15.9. The van der Waals surface area contributed by atoms with E-state index in [9.17, 15) is 18.0 Å². The van der Waals surface area contributed by atoms with Crippen LogP contribution >= 0.6 is 0 Å². The zero-order valence-electron chi connectivity index (χ0n) is 11.5. The maximum atomic E-state index is 12.8. The largest absolute Gasteiger partial charge is 0.416 e.